The number of aromatic nitrogens is 1. The van der Waals surface area contributed by atoms with Crippen LogP contribution in [0.25, 0.3) is 11.6 Å². The van der Waals surface area contributed by atoms with E-state index < -0.39 is 0 Å². The number of anilines is 2. The van der Waals surface area contributed by atoms with Gasteiger partial charge in [-0.3, -0.25) is 0 Å². The van der Waals surface area contributed by atoms with Crippen molar-refractivity contribution in [3.05, 3.63) is 57.9 Å². The van der Waals surface area contributed by atoms with Crippen LogP contribution in [-0.2, 0) is 0 Å². The van der Waals surface area contributed by atoms with Gasteiger partial charge >= 0.3 is 0 Å². The second kappa shape index (κ2) is 9.24. The number of nitrogens with one attached hydrogen (secondary N) is 1. The molecule has 1 N–H and O–H groups in total. The van der Waals surface area contributed by atoms with Crippen LogP contribution in [0.4, 0.5) is 10.8 Å². The molecule has 0 radical (unpaired) electrons. The predicted molar refractivity (Wildman–Crippen MR) is 120 cm³/mol. The van der Waals surface area contributed by atoms with E-state index in [0.29, 0.717) is 0 Å². The van der Waals surface area contributed by atoms with Gasteiger partial charge in [-0.1, -0.05) is 68.6 Å². The van der Waals surface area contributed by atoms with Gasteiger partial charge in [-0.15, -0.1) is 0 Å². The number of unbranched alkanes of at least 4 members (excludes halogenated alkanes) is 5. The fraction of sp³-hybridized carbons (Fsp3) is 0.375. The van der Waals surface area contributed by atoms with E-state index >= 15 is 0 Å². The summed E-state index contributed by atoms with van der Waals surface area (Å²) < 4.78 is 7.12. The quantitative estimate of drug-likeness (QED) is 0.545. The topological polar surface area (TPSA) is 34.1 Å². The SMILES string of the molecule is CCCCCCCCOc1ccc(Nc2nc3c(s2)=CC2=CC=CCC=32)cc1. The third-order valence-electron chi connectivity index (χ3n) is 5.18. The number of thiazole rings is 1. The van der Waals surface area contributed by atoms with Crippen LogP contribution in [0, 0.1) is 0 Å². The highest BCUT2D eigenvalue weighted by Gasteiger charge is 2.15. The Hall–Kier alpha value is -2.33. The molecule has 2 aliphatic rings. The van der Waals surface area contributed by atoms with E-state index in [-0.39, 0.29) is 0 Å². The van der Waals surface area contributed by atoms with E-state index in [1.165, 1.54) is 47.8 Å². The molecule has 0 atom stereocenters. The average molecular weight is 393 g/mol. The molecule has 1 heterocycles. The Labute approximate surface area is 171 Å². The van der Waals surface area contributed by atoms with Crippen molar-refractivity contribution in [1.29, 1.82) is 0 Å². The molecule has 1 aromatic heterocycles. The fourth-order valence-electron chi connectivity index (χ4n) is 3.62. The van der Waals surface area contributed by atoms with E-state index in [1.807, 2.05) is 12.1 Å². The minimum absolute atomic E-state index is 0.802. The second-order valence-corrected chi connectivity index (χ2v) is 8.41. The van der Waals surface area contributed by atoms with Gasteiger partial charge in [0.1, 0.15) is 5.75 Å². The molecule has 0 amide bonds. The molecule has 146 valence electrons. The molecule has 4 rings (SSSR count). The maximum atomic E-state index is 5.86. The second-order valence-electron chi connectivity index (χ2n) is 7.37. The van der Waals surface area contributed by atoms with Crippen LogP contribution in [0.15, 0.2) is 48.1 Å². The zero-order valence-corrected chi connectivity index (χ0v) is 17.4. The molecule has 0 bridgehead atoms. The number of rotatable bonds is 10. The predicted octanol–water partition coefficient (Wildman–Crippen LogP) is 5.46. The summed E-state index contributed by atoms with van der Waals surface area (Å²) >= 11 is 1.71. The summed E-state index contributed by atoms with van der Waals surface area (Å²) in [6.45, 7) is 3.05. The average Bonchev–Trinajstić information content (AvgIpc) is 3.26. The molecule has 0 spiro atoms. The number of benzene rings is 1. The Balaban J connectivity index is 1.29. The highest BCUT2D eigenvalue weighted by atomic mass is 32.1. The van der Waals surface area contributed by atoms with Gasteiger partial charge in [-0.2, -0.15) is 0 Å². The third kappa shape index (κ3) is 4.56. The molecule has 0 saturated heterocycles. The van der Waals surface area contributed by atoms with E-state index in [2.05, 4.69) is 48.7 Å². The van der Waals surface area contributed by atoms with Crippen molar-refractivity contribution in [3.63, 3.8) is 0 Å². The van der Waals surface area contributed by atoms with Crippen LogP contribution in [0.5, 0.6) is 5.75 Å². The lowest BCUT2D eigenvalue weighted by atomic mass is 10.0. The normalized spacial score (nSPS) is 14.3. The highest BCUT2D eigenvalue weighted by Crippen LogP contribution is 2.25. The lowest BCUT2D eigenvalue weighted by Gasteiger charge is -2.08. The molecular weight excluding hydrogens is 364 g/mol. The molecule has 28 heavy (non-hydrogen) atoms. The molecule has 1 aromatic carbocycles. The Morgan fingerprint density at radius 1 is 1.07 bits per heavy atom. The molecule has 3 nitrogen and oxygen atoms in total. The number of hydrogen-bond donors (Lipinski definition) is 1. The molecule has 2 aliphatic carbocycles. The van der Waals surface area contributed by atoms with Crippen molar-refractivity contribution >= 4 is 33.8 Å². The summed E-state index contributed by atoms with van der Waals surface area (Å²) in [5.41, 5.74) is 3.71. The zero-order chi connectivity index (χ0) is 19.2. The number of ether oxygens (including phenoxy) is 1. The van der Waals surface area contributed by atoms with Gasteiger partial charge in [0.2, 0.25) is 0 Å². The molecular formula is C24H28N2OS. The Morgan fingerprint density at radius 2 is 1.89 bits per heavy atom. The first kappa shape index (κ1) is 19.0. The van der Waals surface area contributed by atoms with Gasteiger partial charge < -0.3 is 10.1 Å². The van der Waals surface area contributed by atoms with Crippen LogP contribution in [0.1, 0.15) is 51.9 Å². The van der Waals surface area contributed by atoms with Gasteiger partial charge in [-0.05, 0) is 54.3 Å². The smallest absolute Gasteiger partial charge is 0.188 e. The van der Waals surface area contributed by atoms with Crippen LogP contribution in [0.2, 0.25) is 0 Å². The van der Waals surface area contributed by atoms with Crippen molar-refractivity contribution in [2.75, 3.05) is 11.9 Å². The first-order chi connectivity index (χ1) is 13.8. The summed E-state index contributed by atoms with van der Waals surface area (Å²) in [5.74, 6) is 0.938. The molecule has 2 aromatic rings. The third-order valence-corrected chi connectivity index (χ3v) is 6.10. The number of hydrogen-bond acceptors (Lipinski definition) is 4. The van der Waals surface area contributed by atoms with Crippen LogP contribution in [0.3, 0.4) is 0 Å². The zero-order valence-electron chi connectivity index (χ0n) is 16.5. The molecule has 0 unspecified atom stereocenters. The maximum Gasteiger partial charge on any atom is 0.188 e. The number of nitrogens with zero attached hydrogens (tertiary/aromatic N) is 1. The van der Waals surface area contributed by atoms with Gasteiger partial charge in [0.05, 0.1) is 16.5 Å². The van der Waals surface area contributed by atoms with Crippen molar-refractivity contribution < 1.29 is 4.74 Å². The van der Waals surface area contributed by atoms with Crippen molar-refractivity contribution in [1.82, 2.24) is 4.98 Å². The molecule has 0 fully saturated rings. The molecule has 0 saturated carbocycles. The monoisotopic (exact) mass is 392 g/mol. The first-order valence-corrected chi connectivity index (χ1v) is 11.2. The van der Waals surface area contributed by atoms with E-state index in [0.717, 1.165) is 41.4 Å². The van der Waals surface area contributed by atoms with Gasteiger partial charge in [0.25, 0.3) is 0 Å². The lowest BCUT2D eigenvalue weighted by molar-refractivity contribution is 0.304. The Morgan fingerprint density at radius 3 is 2.75 bits per heavy atom. The summed E-state index contributed by atoms with van der Waals surface area (Å²) in [7, 11) is 0. The number of allylic oxidation sites excluding steroid dienone is 4. The highest BCUT2D eigenvalue weighted by molar-refractivity contribution is 7.13. The number of fused-ring (bicyclic) bond motifs is 2. The van der Waals surface area contributed by atoms with Gasteiger partial charge in [0, 0.05) is 5.69 Å². The Bertz CT molecular complexity index is 983. The first-order valence-electron chi connectivity index (χ1n) is 10.4. The Kier molecular flexibility index (Phi) is 6.27. The van der Waals surface area contributed by atoms with Crippen molar-refractivity contribution in [2.24, 2.45) is 0 Å². The van der Waals surface area contributed by atoms with Crippen LogP contribution in [-0.4, -0.2) is 11.6 Å². The van der Waals surface area contributed by atoms with E-state index in [1.54, 1.807) is 11.3 Å². The maximum absolute atomic E-state index is 5.86. The minimum atomic E-state index is 0.802. The molecule has 4 heteroatoms. The largest absolute Gasteiger partial charge is 0.494 e. The van der Waals surface area contributed by atoms with Crippen molar-refractivity contribution in [3.8, 4) is 5.75 Å². The van der Waals surface area contributed by atoms with Crippen LogP contribution >= 0.6 is 11.3 Å². The van der Waals surface area contributed by atoms with Crippen LogP contribution < -0.4 is 19.9 Å². The van der Waals surface area contributed by atoms with E-state index in [9.17, 15) is 0 Å². The summed E-state index contributed by atoms with van der Waals surface area (Å²) in [6.07, 6.45) is 17.4. The molecule has 0 aliphatic heterocycles. The fourth-order valence-corrected chi connectivity index (χ4v) is 4.58. The standard InChI is InChI=1S/C24H28N2OS/c1-2-3-4-5-6-9-16-27-20-14-12-19(13-15-20)25-24-26-23-21-11-8-7-10-18(21)17-22(23)28-24/h7-8,10,12-15,17H,2-6,9,11,16H2,1H3,(H,25,26). The lowest BCUT2D eigenvalue weighted by Crippen LogP contribution is -2.19. The summed E-state index contributed by atoms with van der Waals surface area (Å²) in [6, 6.07) is 8.20. The van der Waals surface area contributed by atoms with Crippen molar-refractivity contribution in [2.45, 2.75) is 51.9 Å². The minimum Gasteiger partial charge on any atom is -0.494 e. The van der Waals surface area contributed by atoms with Gasteiger partial charge in [0.15, 0.2) is 5.13 Å². The van der Waals surface area contributed by atoms with E-state index in [4.69, 9.17) is 9.72 Å². The summed E-state index contributed by atoms with van der Waals surface area (Å²) in [4.78, 5) is 4.82. The summed E-state index contributed by atoms with van der Waals surface area (Å²) in [5, 5.41) is 5.52. The van der Waals surface area contributed by atoms with Gasteiger partial charge in [-0.25, -0.2) is 4.98 Å².